The molecule has 4 aromatic heterocycles. The van der Waals surface area contributed by atoms with E-state index in [2.05, 4.69) is 26.5 Å². The van der Waals surface area contributed by atoms with E-state index in [0.717, 1.165) is 11.2 Å². The van der Waals surface area contributed by atoms with Crippen molar-refractivity contribution in [3.63, 3.8) is 0 Å². The summed E-state index contributed by atoms with van der Waals surface area (Å²) in [5.74, 6) is 0. The number of nitriles is 2. The fourth-order valence-corrected chi connectivity index (χ4v) is 2.65. The van der Waals surface area contributed by atoms with Gasteiger partial charge >= 0.3 is 0 Å². The van der Waals surface area contributed by atoms with Gasteiger partial charge in [0.15, 0.2) is 0 Å². The molecule has 4 aromatic rings. The zero-order chi connectivity index (χ0) is 18.1. The summed E-state index contributed by atoms with van der Waals surface area (Å²) < 4.78 is 3.13. The standard InChI is InChI=1S/C17H11N9/c18-3-4-25-10-16(23-24-25)13-9-21-15(6-14(13)20)17-2-1-12-5-11(7-19)8-22-26(12)17/h1-2,5-6,8-10H,4H2,(H2,20,21). The third-order valence-corrected chi connectivity index (χ3v) is 3.88. The molecule has 2 N–H and O–H groups in total. The number of hydrogen-bond acceptors (Lipinski definition) is 7. The average Bonchev–Trinajstić information content (AvgIpc) is 3.28. The first-order valence-corrected chi connectivity index (χ1v) is 7.61. The fraction of sp³-hybridized carbons (Fsp3) is 0.0588. The number of rotatable bonds is 3. The van der Waals surface area contributed by atoms with Gasteiger partial charge in [0.25, 0.3) is 0 Å². The van der Waals surface area contributed by atoms with Crippen molar-refractivity contribution in [3.8, 4) is 34.8 Å². The number of anilines is 1. The van der Waals surface area contributed by atoms with E-state index >= 15 is 0 Å². The minimum Gasteiger partial charge on any atom is -0.398 e. The van der Waals surface area contributed by atoms with Crippen LogP contribution < -0.4 is 5.73 Å². The molecule has 9 nitrogen and oxygen atoms in total. The fourth-order valence-electron chi connectivity index (χ4n) is 2.65. The molecule has 4 rings (SSSR count). The van der Waals surface area contributed by atoms with Crippen LogP contribution in [0.3, 0.4) is 0 Å². The molecule has 0 atom stereocenters. The van der Waals surface area contributed by atoms with Crippen LogP contribution in [0.1, 0.15) is 5.56 Å². The van der Waals surface area contributed by atoms with Crippen molar-refractivity contribution in [1.82, 2.24) is 29.6 Å². The van der Waals surface area contributed by atoms with Crippen molar-refractivity contribution >= 4 is 11.2 Å². The zero-order valence-corrected chi connectivity index (χ0v) is 13.4. The number of fused-ring (bicyclic) bond motifs is 1. The van der Waals surface area contributed by atoms with Crippen LogP contribution in [0.2, 0.25) is 0 Å². The molecule has 0 aromatic carbocycles. The Morgan fingerprint density at radius 3 is 2.77 bits per heavy atom. The Kier molecular flexibility index (Phi) is 3.53. The first-order chi connectivity index (χ1) is 12.7. The number of nitrogens with zero attached hydrogens (tertiary/aromatic N) is 8. The molecule has 4 heterocycles. The predicted octanol–water partition coefficient (Wildman–Crippen LogP) is 1.63. The van der Waals surface area contributed by atoms with Crippen LogP contribution in [0.5, 0.6) is 0 Å². The summed E-state index contributed by atoms with van der Waals surface area (Å²) in [4.78, 5) is 4.46. The quantitative estimate of drug-likeness (QED) is 0.598. The molecule has 124 valence electrons. The molecule has 0 spiro atoms. The monoisotopic (exact) mass is 341 g/mol. The maximum Gasteiger partial charge on any atom is 0.129 e. The Hall–Kier alpha value is -4.24. The Morgan fingerprint density at radius 2 is 2.00 bits per heavy atom. The van der Waals surface area contributed by atoms with Gasteiger partial charge in [0, 0.05) is 17.4 Å². The number of pyridine rings is 1. The zero-order valence-electron chi connectivity index (χ0n) is 13.4. The van der Waals surface area contributed by atoms with Crippen molar-refractivity contribution in [2.24, 2.45) is 0 Å². The second-order valence-electron chi connectivity index (χ2n) is 5.53. The lowest BCUT2D eigenvalue weighted by atomic mass is 10.1. The van der Waals surface area contributed by atoms with Gasteiger partial charge in [0.05, 0.1) is 40.9 Å². The molecule has 0 amide bonds. The van der Waals surface area contributed by atoms with Crippen molar-refractivity contribution in [2.45, 2.75) is 6.54 Å². The average molecular weight is 341 g/mol. The van der Waals surface area contributed by atoms with Crippen molar-refractivity contribution in [1.29, 1.82) is 10.5 Å². The van der Waals surface area contributed by atoms with Crippen LogP contribution in [0.25, 0.3) is 28.2 Å². The lowest BCUT2D eigenvalue weighted by molar-refractivity contribution is 0.668. The minimum atomic E-state index is 0.116. The lowest BCUT2D eigenvalue weighted by Gasteiger charge is -2.06. The SMILES string of the molecule is N#CCn1cc(-c2cnc(-c3ccc4cc(C#N)cnn34)cc2N)nn1. The molecular weight excluding hydrogens is 330 g/mol. The van der Waals surface area contributed by atoms with E-state index in [4.69, 9.17) is 16.3 Å². The number of nitrogens with two attached hydrogens (primary N) is 1. The lowest BCUT2D eigenvalue weighted by Crippen LogP contribution is -1.98. The van der Waals surface area contributed by atoms with Crippen LogP contribution in [-0.2, 0) is 6.54 Å². The molecule has 0 aliphatic heterocycles. The van der Waals surface area contributed by atoms with Gasteiger partial charge in [-0.2, -0.15) is 15.6 Å². The van der Waals surface area contributed by atoms with Crippen LogP contribution in [0, 0.1) is 22.7 Å². The molecule has 0 aliphatic carbocycles. The van der Waals surface area contributed by atoms with E-state index in [1.807, 2.05) is 18.2 Å². The van der Waals surface area contributed by atoms with Gasteiger partial charge in [0.1, 0.15) is 18.3 Å². The summed E-state index contributed by atoms with van der Waals surface area (Å²) in [5.41, 5.74) is 10.5. The number of nitrogen functional groups attached to an aromatic ring is 1. The number of hydrogen-bond donors (Lipinski definition) is 1. The van der Waals surface area contributed by atoms with Crippen LogP contribution in [0.4, 0.5) is 5.69 Å². The largest absolute Gasteiger partial charge is 0.398 e. The minimum absolute atomic E-state index is 0.116. The van der Waals surface area contributed by atoms with Gasteiger partial charge in [-0.05, 0) is 24.3 Å². The van der Waals surface area contributed by atoms with E-state index in [1.54, 1.807) is 29.0 Å². The summed E-state index contributed by atoms with van der Waals surface area (Å²) in [6, 6.07) is 11.3. The van der Waals surface area contributed by atoms with E-state index < -0.39 is 0 Å². The second kappa shape index (κ2) is 6.00. The molecule has 0 aliphatic rings. The third-order valence-electron chi connectivity index (χ3n) is 3.88. The van der Waals surface area contributed by atoms with Gasteiger partial charge in [-0.3, -0.25) is 4.98 Å². The van der Waals surface area contributed by atoms with Gasteiger partial charge < -0.3 is 5.73 Å². The van der Waals surface area contributed by atoms with E-state index in [0.29, 0.717) is 28.2 Å². The summed E-state index contributed by atoms with van der Waals surface area (Å²) in [6.07, 6.45) is 4.77. The summed E-state index contributed by atoms with van der Waals surface area (Å²) in [6.45, 7) is 0.116. The van der Waals surface area contributed by atoms with Crippen LogP contribution >= 0.6 is 0 Å². The smallest absolute Gasteiger partial charge is 0.129 e. The van der Waals surface area contributed by atoms with Gasteiger partial charge in [-0.25, -0.2) is 9.20 Å². The molecule has 9 heteroatoms. The Labute approximate surface area is 147 Å². The Bertz CT molecular complexity index is 1200. The van der Waals surface area contributed by atoms with Crippen molar-refractivity contribution < 1.29 is 0 Å². The molecule has 0 unspecified atom stereocenters. The second-order valence-corrected chi connectivity index (χ2v) is 5.53. The van der Waals surface area contributed by atoms with Crippen molar-refractivity contribution in [2.75, 3.05) is 5.73 Å². The first kappa shape index (κ1) is 15.3. The van der Waals surface area contributed by atoms with Gasteiger partial charge in [-0.1, -0.05) is 5.21 Å². The molecular formula is C17H11N9. The summed E-state index contributed by atoms with van der Waals surface area (Å²) >= 11 is 0. The van der Waals surface area contributed by atoms with E-state index in [1.165, 1.54) is 10.9 Å². The van der Waals surface area contributed by atoms with E-state index in [9.17, 15) is 0 Å². The summed E-state index contributed by atoms with van der Waals surface area (Å²) in [7, 11) is 0. The van der Waals surface area contributed by atoms with Crippen molar-refractivity contribution in [3.05, 3.63) is 48.4 Å². The third kappa shape index (κ3) is 2.50. The van der Waals surface area contributed by atoms with Gasteiger partial charge in [-0.15, -0.1) is 5.10 Å². The molecule has 26 heavy (non-hydrogen) atoms. The molecule has 0 bridgehead atoms. The highest BCUT2D eigenvalue weighted by molar-refractivity contribution is 5.77. The highest BCUT2D eigenvalue weighted by atomic mass is 15.4. The normalized spacial score (nSPS) is 10.5. The maximum absolute atomic E-state index is 8.97. The maximum atomic E-state index is 8.97. The molecule has 0 radical (unpaired) electrons. The number of aromatic nitrogens is 6. The highest BCUT2D eigenvalue weighted by Crippen LogP contribution is 2.28. The van der Waals surface area contributed by atoms with Crippen LogP contribution in [-0.4, -0.2) is 29.6 Å². The predicted molar refractivity (Wildman–Crippen MR) is 92.2 cm³/mol. The highest BCUT2D eigenvalue weighted by Gasteiger charge is 2.13. The molecule has 0 fully saturated rings. The Morgan fingerprint density at radius 1 is 1.12 bits per heavy atom. The molecule has 0 saturated heterocycles. The molecule has 0 saturated carbocycles. The van der Waals surface area contributed by atoms with E-state index in [-0.39, 0.29) is 6.54 Å². The van der Waals surface area contributed by atoms with Crippen LogP contribution in [0.15, 0.2) is 42.9 Å². The van der Waals surface area contributed by atoms with Gasteiger partial charge in [0.2, 0.25) is 0 Å². The Balaban J connectivity index is 1.74. The summed E-state index contributed by atoms with van der Waals surface area (Å²) in [5, 5.41) is 29.9. The topological polar surface area (TPSA) is 134 Å². The first-order valence-electron chi connectivity index (χ1n) is 7.61.